The van der Waals surface area contributed by atoms with Crippen molar-refractivity contribution >= 4 is 21.6 Å². The predicted molar refractivity (Wildman–Crippen MR) is 156 cm³/mol. The standard InChI is InChI=1S/C32H56S2/c1-8-30(4,5)22-33-34-26-17-19-32(7)25(21-26)13-15-27-28-16-14-24(12-10-9-11-23(2)3)31(28,6)20-18-29(27)32/h13,23-24,26-29H,8-12,14-22H2,1-7H3. The van der Waals surface area contributed by atoms with E-state index in [1.165, 1.54) is 89.2 Å². The first-order chi connectivity index (χ1) is 16.1. The van der Waals surface area contributed by atoms with Crippen LogP contribution in [0.1, 0.15) is 132 Å². The molecule has 0 heterocycles. The van der Waals surface area contributed by atoms with Crippen LogP contribution in [0.2, 0.25) is 0 Å². The van der Waals surface area contributed by atoms with Crippen molar-refractivity contribution in [3.05, 3.63) is 11.6 Å². The second kappa shape index (κ2) is 11.0. The lowest BCUT2D eigenvalue weighted by molar-refractivity contribution is -0.0421. The molecule has 0 nitrogen and oxygen atoms in total. The molecule has 0 aromatic rings. The zero-order valence-electron chi connectivity index (χ0n) is 23.8. The third-order valence-corrected chi connectivity index (χ3v) is 14.7. The average Bonchev–Trinajstić information content (AvgIpc) is 3.13. The molecule has 0 spiro atoms. The van der Waals surface area contributed by atoms with Crippen LogP contribution in [0, 0.1) is 45.8 Å². The molecule has 0 radical (unpaired) electrons. The van der Waals surface area contributed by atoms with Crippen molar-refractivity contribution < 1.29 is 0 Å². The maximum Gasteiger partial charge on any atom is 0.0189 e. The van der Waals surface area contributed by atoms with Gasteiger partial charge in [-0.15, -0.1) is 0 Å². The monoisotopic (exact) mass is 504 g/mol. The van der Waals surface area contributed by atoms with Crippen LogP contribution < -0.4 is 0 Å². The number of fused-ring (bicyclic) bond motifs is 5. The van der Waals surface area contributed by atoms with Gasteiger partial charge in [0, 0.05) is 11.0 Å². The normalized spacial score (nSPS) is 40.0. The van der Waals surface area contributed by atoms with Crippen LogP contribution in [0.25, 0.3) is 0 Å². The number of unbranched alkanes of at least 4 members (excludes halogenated alkanes) is 1. The molecule has 7 unspecified atom stereocenters. The largest absolute Gasteiger partial charge is 0.0933 e. The summed E-state index contributed by atoms with van der Waals surface area (Å²) in [7, 11) is 4.39. The van der Waals surface area contributed by atoms with Crippen LogP contribution in [-0.2, 0) is 0 Å². The SMILES string of the molecule is CCC(C)(C)CSSC1CCC2(C)C(=CCC3C2CCC2(C)C(CCCCC(C)C)CCC32)C1. The van der Waals surface area contributed by atoms with Gasteiger partial charge >= 0.3 is 0 Å². The van der Waals surface area contributed by atoms with Gasteiger partial charge in [-0.2, -0.15) is 0 Å². The van der Waals surface area contributed by atoms with E-state index in [0.29, 0.717) is 16.2 Å². The van der Waals surface area contributed by atoms with Gasteiger partial charge in [-0.1, -0.05) is 107 Å². The van der Waals surface area contributed by atoms with Gasteiger partial charge in [-0.05, 0) is 104 Å². The first-order valence-electron chi connectivity index (χ1n) is 15.1. The van der Waals surface area contributed by atoms with Crippen molar-refractivity contribution in [1.29, 1.82) is 0 Å². The van der Waals surface area contributed by atoms with Crippen molar-refractivity contribution in [3.63, 3.8) is 0 Å². The van der Waals surface area contributed by atoms with Gasteiger partial charge in [0.25, 0.3) is 0 Å². The zero-order valence-corrected chi connectivity index (χ0v) is 25.4. The first-order valence-corrected chi connectivity index (χ1v) is 17.4. The third kappa shape index (κ3) is 5.63. The van der Waals surface area contributed by atoms with Crippen LogP contribution in [0.3, 0.4) is 0 Å². The molecule has 7 atom stereocenters. The summed E-state index contributed by atoms with van der Waals surface area (Å²) < 4.78 is 0. The molecule has 3 fully saturated rings. The minimum absolute atomic E-state index is 0.487. The molecule has 0 saturated heterocycles. The summed E-state index contributed by atoms with van der Waals surface area (Å²) in [5.74, 6) is 6.15. The molecule has 3 saturated carbocycles. The van der Waals surface area contributed by atoms with Crippen molar-refractivity contribution in [2.45, 2.75) is 137 Å². The third-order valence-electron chi connectivity index (χ3n) is 11.5. The highest BCUT2D eigenvalue weighted by Crippen LogP contribution is 2.67. The number of hydrogen-bond acceptors (Lipinski definition) is 2. The highest BCUT2D eigenvalue weighted by Gasteiger charge is 2.58. The summed E-state index contributed by atoms with van der Waals surface area (Å²) in [5, 5.41) is 0.851. The van der Waals surface area contributed by atoms with E-state index in [2.05, 4.69) is 76.1 Å². The Bertz CT molecular complexity index is 708. The van der Waals surface area contributed by atoms with Crippen molar-refractivity contribution in [2.75, 3.05) is 5.75 Å². The van der Waals surface area contributed by atoms with Crippen molar-refractivity contribution in [1.82, 2.24) is 0 Å². The topological polar surface area (TPSA) is 0 Å². The summed E-state index contributed by atoms with van der Waals surface area (Å²) in [4.78, 5) is 0. The molecular formula is C32H56S2. The molecule has 0 aromatic heterocycles. The molecular weight excluding hydrogens is 448 g/mol. The highest BCUT2D eigenvalue weighted by atomic mass is 33.1. The Balaban J connectivity index is 1.36. The Morgan fingerprint density at radius 1 is 1.03 bits per heavy atom. The van der Waals surface area contributed by atoms with Gasteiger partial charge in [0.15, 0.2) is 0 Å². The predicted octanol–water partition coefficient (Wildman–Crippen LogP) is 11.0. The molecule has 4 aliphatic carbocycles. The fourth-order valence-corrected chi connectivity index (χ4v) is 12.1. The van der Waals surface area contributed by atoms with Crippen LogP contribution in [0.4, 0.5) is 0 Å². The number of rotatable bonds is 10. The van der Waals surface area contributed by atoms with Crippen LogP contribution in [-0.4, -0.2) is 11.0 Å². The molecule has 196 valence electrons. The van der Waals surface area contributed by atoms with Gasteiger partial charge in [-0.25, -0.2) is 0 Å². The summed E-state index contributed by atoms with van der Waals surface area (Å²) >= 11 is 0. The van der Waals surface area contributed by atoms with E-state index in [-0.39, 0.29) is 0 Å². The lowest BCUT2D eigenvalue weighted by Gasteiger charge is -2.58. The van der Waals surface area contributed by atoms with Crippen LogP contribution >= 0.6 is 21.6 Å². The second-order valence-electron chi connectivity index (χ2n) is 14.5. The Morgan fingerprint density at radius 2 is 1.82 bits per heavy atom. The average molecular weight is 505 g/mol. The van der Waals surface area contributed by atoms with Gasteiger partial charge in [0.1, 0.15) is 0 Å². The smallest absolute Gasteiger partial charge is 0.0189 e. The molecule has 4 aliphatic rings. The maximum absolute atomic E-state index is 2.79. The Labute approximate surface area is 221 Å². The zero-order chi connectivity index (χ0) is 24.6. The fraction of sp³-hybridized carbons (Fsp3) is 0.938. The molecule has 34 heavy (non-hydrogen) atoms. The summed E-state index contributed by atoms with van der Waals surface area (Å²) in [6, 6.07) is 0. The van der Waals surface area contributed by atoms with E-state index >= 15 is 0 Å². The van der Waals surface area contributed by atoms with Gasteiger partial charge in [0.05, 0.1) is 0 Å². The molecule has 0 aliphatic heterocycles. The quantitative estimate of drug-likeness (QED) is 0.165. The highest BCUT2D eigenvalue weighted by molar-refractivity contribution is 8.76. The molecule has 0 amide bonds. The fourth-order valence-electron chi connectivity index (χ4n) is 8.63. The lowest BCUT2D eigenvalue weighted by atomic mass is 9.47. The minimum Gasteiger partial charge on any atom is -0.0933 e. The Kier molecular flexibility index (Phi) is 8.93. The van der Waals surface area contributed by atoms with E-state index in [0.717, 1.165) is 34.8 Å². The van der Waals surface area contributed by atoms with E-state index in [9.17, 15) is 0 Å². The summed E-state index contributed by atoms with van der Waals surface area (Å²) in [6.07, 6.45) is 21.8. The Morgan fingerprint density at radius 3 is 2.56 bits per heavy atom. The van der Waals surface area contributed by atoms with Crippen molar-refractivity contribution in [2.24, 2.45) is 45.8 Å². The van der Waals surface area contributed by atoms with Crippen LogP contribution in [0.15, 0.2) is 11.6 Å². The van der Waals surface area contributed by atoms with Gasteiger partial charge < -0.3 is 0 Å². The van der Waals surface area contributed by atoms with Gasteiger partial charge in [-0.3, -0.25) is 0 Å². The molecule has 0 aromatic carbocycles. The number of hydrogen-bond donors (Lipinski definition) is 0. The first kappa shape index (κ1) is 27.5. The van der Waals surface area contributed by atoms with E-state index < -0.39 is 0 Å². The molecule has 2 heteroatoms. The van der Waals surface area contributed by atoms with Crippen molar-refractivity contribution in [3.8, 4) is 0 Å². The maximum atomic E-state index is 2.79. The molecule has 0 bridgehead atoms. The molecule has 4 rings (SSSR count). The second-order valence-corrected chi connectivity index (χ2v) is 17.2. The summed E-state index contributed by atoms with van der Waals surface area (Å²) in [6.45, 7) is 17.4. The minimum atomic E-state index is 0.487. The summed E-state index contributed by atoms with van der Waals surface area (Å²) in [5.41, 5.74) is 3.53. The number of allylic oxidation sites excluding steroid dienone is 2. The van der Waals surface area contributed by atoms with E-state index in [1.807, 2.05) is 5.57 Å². The van der Waals surface area contributed by atoms with E-state index in [4.69, 9.17) is 0 Å². The van der Waals surface area contributed by atoms with Crippen LogP contribution in [0.5, 0.6) is 0 Å². The van der Waals surface area contributed by atoms with Gasteiger partial charge in [0.2, 0.25) is 0 Å². The Hall–Kier alpha value is 0.440. The lowest BCUT2D eigenvalue weighted by Crippen LogP contribution is -2.50. The van der Waals surface area contributed by atoms with E-state index in [1.54, 1.807) is 0 Å². The molecule has 0 N–H and O–H groups in total.